The maximum absolute atomic E-state index is 8.36. The Bertz CT molecular complexity index is 339. The number of nitrogens with zero attached hydrogens (tertiary/aromatic N) is 1. The van der Waals surface area contributed by atoms with Crippen LogP contribution in [0.3, 0.4) is 0 Å². The van der Waals surface area contributed by atoms with Crippen LogP contribution in [0.2, 0.25) is 0 Å². The summed E-state index contributed by atoms with van der Waals surface area (Å²) in [7, 11) is 0. The van der Waals surface area contributed by atoms with Crippen molar-refractivity contribution in [1.29, 1.82) is 5.26 Å². The Kier molecular flexibility index (Phi) is 4.00. The minimum atomic E-state index is 0.560. The van der Waals surface area contributed by atoms with Crippen molar-refractivity contribution in [2.45, 2.75) is 26.7 Å². The van der Waals surface area contributed by atoms with E-state index in [1.807, 2.05) is 19.9 Å². The van der Waals surface area contributed by atoms with Gasteiger partial charge in [-0.2, -0.15) is 5.26 Å². The fourth-order valence-corrected chi connectivity index (χ4v) is 1.20. The van der Waals surface area contributed by atoms with E-state index < -0.39 is 0 Å². The molecule has 1 rings (SSSR count). The highest BCUT2D eigenvalue weighted by atomic mass is 16.5. The Hall–Kier alpha value is -1.49. The van der Waals surface area contributed by atoms with Crippen LogP contribution in [0.1, 0.15) is 24.0 Å². The molecule has 0 N–H and O–H groups in total. The van der Waals surface area contributed by atoms with Crippen molar-refractivity contribution in [3.63, 3.8) is 0 Å². The van der Waals surface area contributed by atoms with Crippen molar-refractivity contribution in [2.75, 3.05) is 6.61 Å². The molecule has 0 saturated heterocycles. The highest BCUT2D eigenvalue weighted by Gasteiger charge is 1.98. The second-order valence-electron chi connectivity index (χ2n) is 3.38. The third-order valence-corrected chi connectivity index (χ3v) is 2.03. The standard InChI is InChI=1S/C12H15NO/c1-10-5-6-11(2)12(9-10)14-8-4-3-7-13/h5-6,9H,3-4,8H2,1-2H3. The number of rotatable bonds is 4. The van der Waals surface area contributed by atoms with Gasteiger partial charge < -0.3 is 4.74 Å². The molecular weight excluding hydrogens is 174 g/mol. The van der Waals surface area contributed by atoms with Gasteiger partial charge in [-0.25, -0.2) is 0 Å². The third-order valence-electron chi connectivity index (χ3n) is 2.03. The second kappa shape index (κ2) is 5.29. The monoisotopic (exact) mass is 189 g/mol. The van der Waals surface area contributed by atoms with Gasteiger partial charge >= 0.3 is 0 Å². The van der Waals surface area contributed by atoms with Crippen LogP contribution in [0.25, 0.3) is 0 Å². The van der Waals surface area contributed by atoms with Gasteiger partial charge in [-0.3, -0.25) is 0 Å². The third kappa shape index (κ3) is 3.10. The van der Waals surface area contributed by atoms with Crippen molar-refractivity contribution in [3.05, 3.63) is 29.3 Å². The lowest BCUT2D eigenvalue weighted by molar-refractivity contribution is 0.310. The molecule has 0 atom stereocenters. The van der Waals surface area contributed by atoms with Crippen molar-refractivity contribution in [3.8, 4) is 11.8 Å². The van der Waals surface area contributed by atoms with E-state index in [1.165, 1.54) is 5.56 Å². The molecule has 0 aliphatic heterocycles. The molecule has 0 bridgehead atoms. The number of benzene rings is 1. The van der Waals surface area contributed by atoms with Gasteiger partial charge in [0.05, 0.1) is 12.7 Å². The van der Waals surface area contributed by atoms with E-state index in [9.17, 15) is 0 Å². The smallest absolute Gasteiger partial charge is 0.122 e. The van der Waals surface area contributed by atoms with Gasteiger partial charge in [0.15, 0.2) is 0 Å². The maximum atomic E-state index is 8.36. The second-order valence-corrected chi connectivity index (χ2v) is 3.38. The maximum Gasteiger partial charge on any atom is 0.122 e. The van der Waals surface area contributed by atoms with Crippen LogP contribution in [0, 0.1) is 25.2 Å². The van der Waals surface area contributed by atoms with E-state index in [0.29, 0.717) is 13.0 Å². The van der Waals surface area contributed by atoms with Gasteiger partial charge in [-0.05, 0) is 37.5 Å². The number of hydrogen-bond acceptors (Lipinski definition) is 2. The molecule has 1 aromatic carbocycles. The molecule has 0 radical (unpaired) electrons. The summed E-state index contributed by atoms with van der Waals surface area (Å²) < 4.78 is 5.57. The normalized spacial score (nSPS) is 9.50. The summed E-state index contributed by atoms with van der Waals surface area (Å²) in [6.07, 6.45) is 1.36. The summed E-state index contributed by atoms with van der Waals surface area (Å²) in [5, 5.41) is 8.36. The Morgan fingerprint density at radius 2 is 2.14 bits per heavy atom. The first kappa shape index (κ1) is 10.6. The first-order valence-corrected chi connectivity index (χ1v) is 4.81. The zero-order chi connectivity index (χ0) is 10.4. The lowest BCUT2D eigenvalue weighted by Crippen LogP contribution is -1.98. The Balaban J connectivity index is 2.50. The van der Waals surface area contributed by atoms with Gasteiger partial charge in [0.1, 0.15) is 5.75 Å². The molecule has 74 valence electrons. The fraction of sp³-hybridized carbons (Fsp3) is 0.417. The van der Waals surface area contributed by atoms with Gasteiger partial charge in [0.2, 0.25) is 0 Å². The van der Waals surface area contributed by atoms with Gasteiger partial charge in [0.25, 0.3) is 0 Å². The predicted octanol–water partition coefficient (Wildman–Crippen LogP) is 2.99. The summed E-state index contributed by atoms with van der Waals surface area (Å²) in [6, 6.07) is 8.25. The van der Waals surface area contributed by atoms with Gasteiger partial charge in [0, 0.05) is 6.42 Å². The average molecular weight is 189 g/mol. The first-order chi connectivity index (χ1) is 6.74. The molecule has 14 heavy (non-hydrogen) atoms. The first-order valence-electron chi connectivity index (χ1n) is 4.81. The number of aryl methyl sites for hydroxylation is 2. The summed E-state index contributed by atoms with van der Waals surface area (Å²) in [6.45, 7) is 4.69. The summed E-state index contributed by atoms with van der Waals surface area (Å²) in [4.78, 5) is 0. The minimum absolute atomic E-state index is 0.560. The minimum Gasteiger partial charge on any atom is -0.493 e. The molecule has 0 spiro atoms. The molecule has 0 aliphatic carbocycles. The van der Waals surface area contributed by atoms with Crippen molar-refractivity contribution in [1.82, 2.24) is 0 Å². The lowest BCUT2D eigenvalue weighted by Gasteiger charge is -2.08. The topological polar surface area (TPSA) is 33.0 Å². The summed E-state index contributed by atoms with van der Waals surface area (Å²) in [5.41, 5.74) is 2.35. The SMILES string of the molecule is Cc1ccc(C)c(OCCCC#N)c1. The number of ether oxygens (including phenoxy) is 1. The van der Waals surface area contributed by atoms with Gasteiger partial charge in [-0.1, -0.05) is 12.1 Å². The summed E-state index contributed by atoms with van der Waals surface area (Å²) >= 11 is 0. The fourth-order valence-electron chi connectivity index (χ4n) is 1.20. The van der Waals surface area contributed by atoms with Crippen LogP contribution in [-0.4, -0.2) is 6.61 Å². The molecule has 2 nitrogen and oxygen atoms in total. The molecule has 0 fully saturated rings. The van der Waals surface area contributed by atoms with Crippen molar-refractivity contribution in [2.24, 2.45) is 0 Å². The highest BCUT2D eigenvalue weighted by molar-refractivity contribution is 5.35. The average Bonchev–Trinajstić information content (AvgIpc) is 2.18. The van der Waals surface area contributed by atoms with E-state index >= 15 is 0 Å². The van der Waals surface area contributed by atoms with Crippen LogP contribution >= 0.6 is 0 Å². The van der Waals surface area contributed by atoms with Crippen LogP contribution < -0.4 is 4.74 Å². The molecule has 0 amide bonds. The molecule has 0 aromatic heterocycles. The number of hydrogen-bond donors (Lipinski definition) is 0. The van der Waals surface area contributed by atoms with Crippen molar-refractivity contribution >= 4 is 0 Å². The van der Waals surface area contributed by atoms with Crippen molar-refractivity contribution < 1.29 is 4.74 Å². The molecule has 0 heterocycles. The molecule has 2 heteroatoms. The Labute approximate surface area is 85.1 Å². The molecular formula is C12H15NO. The molecule has 1 aromatic rings. The van der Waals surface area contributed by atoms with E-state index in [4.69, 9.17) is 10.00 Å². The van der Waals surface area contributed by atoms with Crippen LogP contribution in [0.4, 0.5) is 0 Å². The Morgan fingerprint density at radius 1 is 1.36 bits per heavy atom. The molecule has 0 saturated carbocycles. The van der Waals surface area contributed by atoms with Gasteiger partial charge in [-0.15, -0.1) is 0 Å². The van der Waals surface area contributed by atoms with E-state index in [-0.39, 0.29) is 0 Å². The zero-order valence-electron chi connectivity index (χ0n) is 8.71. The molecule has 0 aliphatic rings. The predicted molar refractivity (Wildman–Crippen MR) is 56.3 cm³/mol. The highest BCUT2D eigenvalue weighted by Crippen LogP contribution is 2.19. The van der Waals surface area contributed by atoms with E-state index in [1.54, 1.807) is 0 Å². The quantitative estimate of drug-likeness (QED) is 0.682. The largest absolute Gasteiger partial charge is 0.493 e. The summed E-state index contributed by atoms with van der Waals surface area (Å²) in [5.74, 6) is 0.933. The van der Waals surface area contributed by atoms with Crippen LogP contribution in [-0.2, 0) is 0 Å². The molecule has 0 unspecified atom stereocenters. The number of nitriles is 1. The van der Waals surface area contributed by atoms with Crippen LogP contribution in [0.5, 0.6) is 5.75 Å². The Morgan fingerprint density at radius 3 is 2.86 bits per heavy atom. The lowest BCUT2D eigenvalue weighted by atomic mass is 10.1. The van der Waals surface area contributed by atoms with Crippen LogP contribution in [0.15, 0.2) is 18.2 Å². The zero-order valence-corrected chi connectivity index (χ0v) is 8.71. The van der Waals surface area contributed by atoms with E-state index in [0.717, 1.165) is 17.7 Å². The number of unbranched alkanes of at least 4 members (excludes halogenated alkanes) is 1. The van der Waals surface area contributed by atoms with E-state index in [2.05, 4.69) is 18.2 Å².